The zero-order valence-corrected chi connectivity index (χ0v) is 7.85. The van der Waals surface area contributed by atoms with Crippen molar-refractivity contribution < 1.29 is 0 Å². The largest absolute Gasteiger partial charge is 0.268 e. The van der Waals surface area contributed by atoms with Crippen molar-refractivity contribution in [2.24, 2.45) is 10.2 Å². The van der Waals surface area contributed by atoms with Gasteiger partial charge >= 0.3 is 0 Å². The molecule has 0 aliphatic heterocycles. The molecule has 0 N–H and O–H groups in total. The van der Waals surface area contributed by atoms with E-state index in [1.165, 1.54) is 12.8 Å². The van der Waals surface area contributed by atoms with Crippen LogP contribution in [0.25, 0.3) is 0 Å². The van der Waals surface area contributed by atoms with Crippen LogP contribution in [-0.2, 0) is 0 Å². The number of nitrogens with zero attached hydrogens (tertiary/aromatic N) is 4. The molecule has 1 rings (SSSR count). The number of rotatable bonds is 5. The summed E-state index contributed by atoms with van der Waals surface area (Å²) in [5, 5.41) is 7.86. The minimum absolute atomic E-state index is 0.444. The summed E-state index contributed by atoms with van der Waals surface area (Å²) < 4.78 is 0. The van der Waals surface area contributed by atoms with E-state index in [1.807, 2.05) is 0 Å². The molecular formula is C9H14N4. The number of hydrogen-bond acceptors (Lipinski definition) is 4. The predicted molar refractivity (Wildman–Crippen MR) is 50.9 cm³/mol. The Balaban J connectivity index is 2.25. The molecule has 0 aromatic carbocycles. The second-order valence-electron chi connectivity index (χ2n) is 2.72. The molecule has 1 aromatic heterocycles. The summed E-state index contributed by atoms with van der Waals surface area (Å²) in [5.74, 6) is 0.444. The van der Waals surface area contributed by atoms with Crippen LogP contribution in [0.1, 0.15) is 26.2 Å². The van der Waals surface area contributed by atoms with E-state index in [0.29, 0.717) is 5.95 Å². The topological polar surface area (TPSA) is 50.5 Å². The van der Waals surface area contributed by atoms with Crippen molar-refractivity contribution in [1.29, 1.82) is 0 Å². The van der Waals surface area contributed by atoms with E-state index in [9.17, 15) is 0 Å². The Kier molecular flexibility index (Phi) is 4.68. The van der Waals surface area contributed by atoms with Crippen LogP contribution in [0.3, 0.4) is 0 Å². The zero-order valence-electron chi connectivity index (χ0n) is 7.85. The molecule has 0 radical (unpaired) electrons. The van der Waals surface area contributed by atoms with Gasteiger partial charge in [-0.25, -0.2) is 9.97 Å². The van der Waals surface area contributed by atoms with Gasteiger partial charge in [0.1, 0.15) is 0 Å². The van der Waals surface area contributed by atoms with Crippen molar-refractivity contribution >= 4 is 5.95 Å². The lowest BCUT2D eigenvalue weighted by Gasteiger charge is -1.90. The summed E-state index contributed by atoms with van der Waals surface area (Å²) in [6, 6.07) is 1.76. The highest BCUT2D eigenvalue weighted by atomic mass is 15.2. The number of azo groups is 1. The normalized spacial score (nSPS) is 10.8. The van der Waals surface area contributed by atoms with Crippen LogP contribution in [-0.4, -0.2) is 16.5 Å². The summed E-state index contributed by atoms with van der Waals surface area (Å²) >= 11 is 0. The quantitative estimate of drug-likeness (QED) is 0.514. The van der Waals surface area contributed by atoms with Crippen molar-refractivity contribution in [3.05, 3.63) is 18.5 Å². The summed E-state index contributed by atoms with van der Waals surface area (Å²) in [7, 11) is 0. The van der Waals surface area contributed by atoms with Crippen molar-refractivity contribution in [3.63, 3.8) is 0 Å². The molecule has 0 saturated heterocycles. The van der Waals surface area contributed by atoms with Crippen LogP contribution in [0, 0.1) is 0 Å². The van der Waals surface area contributed by atoms with Crippen molar-refractivity contribution in [3.8, 4) is 0 Å². The third kappa shape index (κ3) is 4.30. The maximum absolute atomic E-state index is 3.98. The fourth-order valence-electron chi connectivity index (χ4n) is 0.889. The molecule has 0 bridgehead atoms. The van der Waals surface area contributed by atoms with Crippen LogP contribution >= 0.6 is 0 Å². The Bertz CT molecular complexity index is 245. The van der Waals surface area contributed by atoms with Gasteiger partial charge < -0.3 is 0 Å². The summed E-state index contributed by atoms with van der Waals surface area (Å²) in [4.78, 5) is 7.85. The van der Waals surface area contributed by atoms with E-state index in [2.05, 4.69) is 27.1 Å². The fourth-order valence-corrected chi connectivity index (χ4v) is 0.889. The van der Waals surface area contributed by atoms with Crippen molar-refractivity contribution in [2.75, 3.05) is 6.54 Å². The van der Waals surface area contributed by atoms with Gasteiger partial charge in [0, 0.05) is 12.4 Å². The van der Waals surface area contributed by atoms with Crippen molar-refractivity contribution in [1.82, 2.24) is 9.97 Å². The molecule has 1 aromatic rings. The third-order valence-electron chi connectivity index (χ3n) is 1.57. The van der Waals surface area contributed by atoms with E-state index >= 15 is 0 Å². The molecule has 70 valence electrons. The van der Waals surface area contributed by atoms with E-state index in [1.54, 1.807) is 18.5 Å². The van der Waals surface area contributed by atoms with Gasteiger partial charge in [0.2, 0.25) is 0 Å². The Labute approximate surface area is 78.1 Å². The van der Waals surface area contributed by atoms with Gasteiger partial charge in [-0.1, -0.05) is 19.8 Å². The predicted octanol–water partition coefficient (Wildman–Crippen LogP) is 2.75. The maximum atomic E-state index is 3.98. The molecule has 0 spiro atoms. The maximum Gasteiger partial charge on any atom is 0.268 e. The molecular weight excluding hydrogens is 164 g/mol. The van der Waals surface area contributed by atoms with Crippen molar-refractivity contribution in [2.45, 2.75) is 26.2 Å². The molecule has 13 heavy (non-hydrogen) atoms. The lowest BCUT2D eigenvalue weighted by atomic mass is 10.3. The average Bonchev–Trinajstić information content (AvgIpc) is 2.19. The van der Waals surface area contributed by atoms with E-state index in [-0.39, 0.29) is 0 Å². The second-order valence-corrected chi connectivity index (χ2v) is 2.72. The monoisotopic (exact) mass is 178 g/mol. The third-order valence-corrected chi connectivity index (χ3v) is 1.57. The zero-order chi connectivity index (χ0) is 9.36. The number of hydrogen-bond donors (Lipinski definition) is 0. The van der Waals surface area contributed by atoms with Gasteiger partial charge in [0.25, 0.3) is 5.95 Å². The molecule has 4 heteroatoms. The van der Waals surface area contributed by atoms with E-state index < -0.39 is 0 Å². The van der Waals surface area contributed by atoms with Gasteiger partial charge in [0.15, 0.2) is 0 Å². The molecule has 0 aliphatic rings. The highest BCUT2D eigenvalue weighted by molar-refractivity contribution is 5.09. The molecule has 0 fully saturated rings. The molecule has 0 saturated carbocycles. The lowest BCUT2D eigenvalue weighted by molar-refractivity contribution is 0.711. The Morgan fingerprint density at radius 3 is 2.69 bits per heavy atom. The minimum Gasteiger partial charge on any atom is -0.218 e. The Morgan fingerprint density at radius 2 is 2.00 bits per heavy atom. The standard InChI is InChI=1S/C9H14N4/c1-2-3-4-8-12-13-9-10-6-5-7-11-9/h5-7H,2-4,8H2,1H3/b13-12+. The first-order valence-electron chi connectivity index (χ1n) is 4.58. The fraction of sp³-hybridized carbons (Fsp3) is 0.556. The number of unbranched alkanes of at least 4 members (excludes halogenated alkanes) is 2. The highest BCUT2D eigenvalue weighted by Crippen LogP contribution is 2.01. The minimum atomic E-state index is 0.444. The summed E-state index contributed by atoms with van der Waals surface area (Å²) in [6.07, 6.45) is 6.82. The van der Waals surface area contributed by atoms with Gasteiger partial charge in [0.05, 0.1) is 6.54 Å². The molecule has 1 heterocycles. The summed E-state index contributed by atoms with van der Waals surface area (Å²) in [5.41, 5.74) is 0. The second kappa shape index (κ2) is 6.22. The molecule has 0 amide bonds. The van der Waals surface area contributed by atoms with Gasteiger partial charge in [-0.3, -0.25) is 0 Å². The Morgan fingerprint density at radius 1 is 1.23 bits per heavy atom. The average molecular weight is 178 g/mol. The van der Waals surface area contributed by atoms with Crippen LogP contribution < -0.4 is 0 Å². The van der Waals surface area contributed by atoms with E-state index in [0.717, 1.165) is 13.0 Å². The van der Waals surface area contributed by atoms with Crippen LogP contribution in [0.5, 0.6) is 0 Å². The lowest BCUT2D eigenvalue weighted by Crippen LogP contribution is -1.80. The smallest absolute Gasteiger partial charge is 0.218 e. The first-order chi connectivity index (χ1) is 6.43. The first-order valence-corrected chi connectivity index (χ1v) is 4.58. The summed E-state index contributed by atoms with van der Waals surface area (Å²) in [6.45, 7) is 2.93. The van der Waals surface area contributed by atoms with Gasteiger partial charge in [-0.05, 0) is 12.5 Å². The Hall–Kier alpha value is -1.32. The number of aromatic nitrogens is 2. The van der Waals surface area contributed by atoms with E-state index in [4.69, 9.17) is 0 Å². The van der Waals surface area contributed by atoms with Crippen LogP contribution in [0.15, 0.2) is 28.7 Å². The molecule has 0 unspecified atom stereocenters. The SMILES string of the molecule is CCCCC/N=N/c1ncccn1. The molecule has 4 nitrogen and oxygen atoms in total. The van der Waals surface area contributed by atoms with Gasteiger partial charge in [-0.15, -0.1) is 5.11 Å². The first kappa shape index (κ1) is 9.77. The van der Waals surface area contributed by atoms with Crippen LogP contribution in [0.2, 0.25) is 0 Å². The van der Waals surface area contributed by atoms with Gasteiger partial charge in [-0.2, -0.15) is 5.11 Å². The molecule has 0 atom stereocenters. The molecule has 0 aliphatic carbocycles. The highest BCUT2D eigenvalue weighted by Gasteiger charge is 1.87. The van der Waals surface area contributed by atoms with Crippen LogP contribution in [0.4, 0.5) is 5.95 Å².